The van der Waals surface area contributed by atoms with Gasteiger partial charge in [0, 0.05) is 13.1 Å². The predicted molar refractivity (Wildman–Crippen MR) is 94.5 cm³/mol. The summed E-state index contributed by atoms with van der Waals surface area (Å²) in [7, 11) is 0. The lowest BCUT2D eigenvalue weighted by molar-refractivity contribution is -0.121. The molecule has 1 heterocycles. The van der Waals surface area contributed by atoms with Crippen molar-refractivity contribution in [1.29, 1.82) is 0 Å². The molecule has 2 aromatic rings. The molecule has 1 unspecified atom stereocenters. The fourth-order valence-corrected chi connectivity index (χ4v) is 3.24. The van der Waals surface area contributed by atoms with Crippen molar-refractivity contribution < 1.29 is 9.18 Å². The highest BCUT2D eigenvalue weighted by molar-refractivity contribution is 6.33. The Bertz CT molecular complexity index is 705. The second-order valence-electron chi connectivity index (χ2n) is 6.17. The van der Waals surface area contributed by atoms with E-state index in [2.05, 4.69) is 10.2 Å². The second-order valence-corrected chi connectivity index (χ2v) is 6.58. The Morgan fingerprint density at radius 2 is 1.96 bits per heavy atom. The molecule has 3 rings (SSSR count). The first-order valence-corrected chi connectivity index (χ1v) is 8.52. The minimum absolute atomic E-state index is 0.00639. The highest BCUT2D eigenvalue weighted by atomic mass is 35.5. The largest absolute Gasteiger partial charge is 0.324 e. The summed E-state index contributed by atoms with van der Waals surface area (Å²) in [5.41, 5.74) is 1.71. The van der Waals surface area contributed by atoms with Gasteiger partial charge in [-0.3, -0.25) is 9.69 Å². The van der Waals surface area contributed by atoms with Crippen molar-refractivity contribution in [3.8, 4) is 0 Å². The van der Waals surface area contributed by atoms with Crippen molar-refractivity contribution >= 4 is 23.2 Å². The Hall–Kier alpha value is -1.91. The van der Waals surface area contributed by atoms with Gasteiger partial charge >= 0.3 is 0 Å². The Labute approximate surface area is 146 Å². The van der Waals surface area contributed by atoms with Crippen LogP contribution in [0.4, 0.5) is 10.1 Å². The van der Waals surface area contributed by atoms with Crippen LogP contribution in [0.25, 0.3) is 0 Å². The summed E-state index contributed by atoms with van der Waals surface area (Å²) >= 11 is 6.10. The Balaban J connectivity index is 1.59. The molecule has 24 heavy (non-hydrogen) atoms. The molecule has 1 amide bonds. The molecular weight excluding hydrogens is 327 g/mol. The van der Waals surface area contributed by atoms with E-state index in [1.807, 2.05) is 12.1 Å². The predicted octanol–water partition coefficient (Wildman–Crippen LogP) is 4.33. The molecule has 0 bridgehead atoms. The van der Waals surface area contributed by atoms with Crippen LogP contribution in [0.3, 0.4) is 0 Å². The number of para-hydroxylation sites is 1. The Morgan fingerprint density at radius 3 is 2.71 bits per heavy atom. The molecule has 1 saturated heterocycles. The highest BCUT2D eigenvalue weighted by Crippen LogP contribution is 2.24. The van der Waals surface area contributed by atoms with Gasteiger partial charge in [0.2, 0.25) is 5.91 Å². The molecule has 0 aliphatic carbocycles. The van der Waals surface area contributed by atoms with Crippen molar-refractivity contribution in [2.24, 2.45) is 5.92 Å². The van der Waals surface area contributed by atoms with Gasteiger partial charge in [-0.15, -0.1) is 0 Å². The highest BCUT2D eigenvalue weighted by Gasteiger charge is 2.26. The Morgan fingerprint density at radius 1 is 1.21 bits per heavy atom. The van der Waals surface area contributed by atoms with Crippen LogP contribution in [0.5, 0.6) is 0 Å². The van der Waals surface area contributed by atoms with Gasteiger partial charge in [-0.2, -0.15) is 0 Å². The number of benzene rings is 2. The number of nitrogens with one attached hydrogen (secondary N) is 1. The summed E-state index contributed by atoms with van der Waals surface area (Å²) in [4.78, 5) is 14.8. The van der Waals surface area contributed by atoms with Crippen LogP contribution in [0, 0.1) is 11.7 Å². The summed E-state index contributed by atoms with van der Waals surface area (Å²) in [6, 6.07) is 13.8. The molecule has 3 nitrogen and oxygen atoms in total. The van der Waals surface area contributed by atoms with E-state index < -0.39 is 0 Å². The molecule has 0 saturated carbocycles. The average Bonchev–Trinajstić information content (AvgIpc) is 2.59. The normalized spacial score (nSPS) is 18.3. The molecule has 1 fully saturated rings. The zero-order chi connectivity index (χ0) is 16.9. The standard InChI is InChI=1S/C19H20ClFN2O/c20-17-5-1-2-6-18(17)22-19(24)15-4-3-11-23(13-15)12-14-7-9-16(21)10-8-14/h1-2,5-10,15H,3-4,11-13H2,(H,22,24). The maximum absolute atomic E-state index is 13.0. The number of rotatable bonds is 4. The van der Waals surface area contributed by atoms with E-state index in [9.17, 15) is 9.18 Å². The number of amides is 1. The van der Waals surface area contributed by atoms with Crippen molar-refractivity contribution in [3.05, 3.63) is 64.9 Å². The SMILES string of the molecule is O=C(Nc1ccccc1Cl)C1CCCN(Cc2ccc(F)cc2)C1. The van der Waals surface area contributed by atoms with E-state index in [4.69, 9.17) is 11.6 Å². The maximum Gasteiger partial charge on any atom is 0.228 e. The number of hydrogen-bond donors (Lipinski definition) is 1. The molecule has 5 heteroatoms. The first-order chi connectivity index (χ1) is 11.6. The molecule has 1 aliphatic rings. The van der Waals surface area contributed by atoms with E-state index in [1.165, 1.54) is 12.1 Å². The molecular formula is C19H20ClFN2O. The van der Waals surface area contributed by atoms with Crippen LogP contribution >= 0.6 is 11.6 Å². The van der Waals surface area contributed by atoms with Crippen LogP contribution < -0.4 is 5.32 Å². The zero-order valence-electron chi connectivity index (χ0n) is 13.3. The smallest absolute Gasteiger partial charge is 0.228 e. The van der Waals surface area contributed by atoms with Crippen LogP contribution in [-0.4, -0.2) is 23.9 Å². The molecule has 0 spiro atoms. The van der Waals surface area contributed by atoms with E-state index in [0.717, 1.165) is 31.5 Å². The zero-order valence-corrected chi connectivity index (χ0v) is 14.1. The van der Waals surface area contributed by atoms with Crippen molar-refractivity contribution in [2.75, 3.05) is 18.4 Å². The van der Waals surface area contributed by atoms with Crippen LogP contribution in [-0.2, 0) is 11.3 Å². The number of hydrogen-bond acceptors (Lipinski definition) is 2. The van der Waals surface area contributed by atoms with E-state index in [0.29, 0.717) is 17.3 Å². The van der Waals surface area contributed by atoms with Gasteiger partial charge in [0.15, 0.2) is 0 Å². The van der Waals surface area contributed by atoms with Gasteiger partial charge in [-0.05, 0) is 49.2 Å². The number of carbonyl (C=O) groups is 1. The average molecular weight is 347 g/mol. The maximum atomic E-state index is 13.0. The molecule has 1 N–H and O–H groups in total. The summed E-state index contributed by atoms with van der Waals surface area (Å²) in [5, 5.41) is 3.47. The number of likely N-dealkylation sites (tertiary alicyclic amines) is 1. The third kappa shape index (κ3) is 4.34. The van der Waals surface area contributed by atoms with Crippen LogP contribution in [0.1, 0.15) is 18.4 Å². The van der Waals surface area contributed by atoms with E-state index in [-0.39, 0.29) is 17.6 Å². The first kappa shape index (κ1) is 16.9. The molecule has 1 atom stereocenters. The van der Waals surface area contributed by atoms with Gasteiger partial charge in [0.1, 0.15) is 5.82 Å². The third-order valence-corrected chi connectivity index (χ3v) is 4.66. The van der Waals surface area contributed by atoms with E-state index >= 15 is 0 Å². The van der Waals surface area contributed by atoms with E-state index in [1.54, 1.807) is 24.3 Å². The number of piperidine rings is 1. The quantitative estimate of drug-likeness (QED) is 0.893. The third-order valence-electron chi connectivity index (χ3n) is 4.33. The minimum atomic E-state index is -0.227. The van der Waals surface area contributed by atoms with Crippen LogP contribution in [0.2, 0.25) is 5.02 Å². The monoisotopic (exact) mass is 346 g/mol. The fraction of sp³-hybridized carbons (Fsp3) is 0.316. The topological polar surface area (TPSA) is 32.3 Å². The molecule has 0 radical (unpaired) electrons. The summed E-state index contributed by atoms with van der Waals surface area (Å²) < 4.78 is 13.0. The van der Waals surface area contributed by atoms with Gasteiger partial charge in [-0.1, -0.05) is 35.9 Å². The van der Waals surface area contributed by atoms with Crippen molar-refractivity contribution in [3.63, 3.8) is 0 Å². The summed E-state index contributed by atoms with van der Waals surface area (Å²) in [6.45, 7) is 2.39. The lowest BCUT2D eigenvalue weighted by Gasteiger charge is -2.32. The lowest BCUT2D eigenvalue weighted by atomic mass is 9.96. The first-order valence-electron chi connectivity index (χ1n) is 8.14. The lowest BCUT2D eigenvalue weighted by Crippen LogP contribution is -2.40. The number of carbonyl (C=O) groups excluding carboxylic acids is 1. The van der Waals surface area contributed by atoms with Gasteiger partial charge in [0.05, 0.1) is 16.6 Å². The second kappa shape index (κ2) is 7.77. The number of halogens is 2. The summed E-state index contributed by atoms with van der Waals surface area (Å²) in [6.07, 6.45) is 1.85. The molecule has 126 valence electrons. The number of anilines is 1. The molecule has 0 aromatic heterocycles. The van der Waals surface area contributed by atoms with Gasteiger partial charge in [0.25, 0.3) is 0 Å². The minimum Gasteiger partial charge on any atom is -0.324 e. The van der Waals surface area contributed by atoms with Crippen molar-refractivity contribution in [1.82, 2.24) is 4.90 Å². The van der Waals surface area contributed by atoms with Gasteiger partial charge < -0.3 is 5.32 Å². The number of nitrogens with zero attached hydrogens (tertiary/aromatic N) is 1. The fourth-order valence-electron chi connectivity index (χ4n) is 3.06. The van der Waals surface area contributed by atoms with Gasteiger partial charge in [-0.25, -0.2) is 4.39 Å². The van der Waals surface area contributed by atoms with Crippen molar-refractivity contribution in [2.45, 2.75) is 19.4 Å². The molecule has 1 aliphatic heterocycles. The summed E-state index contributed by atoms with van der Waals surface area (Å²) in [5.74, 6) is -0.281. The molecule has 2 aromatic carbocycles. The van der Waals surface area contributed by atoms with Crippen LogP contribution in [0.15, 0.2) is 48.5 Å². The Kier molecular flexibility index (Phi) is 5.48.